The fourth-order valence-electron chi connectivity index (χ4n) is 2.27. The summed E-state index contributed by atoms with van der Waals surface area (Å²) >= 11 is 0. The Kier molecular flexibility index (Phi) is 4.42. The van der Waals surface area contributed by atoms with Gasteiger partial charge in [-0.05, 0) is 26.8 Å². The monoisotopic (exact) mass is 285 g/mol. The fraction of sp³-hybridized carbons (Fsp3) is 0.615. The molecule has 0 bridgehead atoms. The van der Waals surface area contributed by atoms with Crippen molar-refractivity contribution < 1.29 is 18.2 Å². The van der Waals surface area contributed by atoms with Crippen LogP contribution in [0.2, 0.25) is 0 Å². The van der Waals surface area contributed by atoms with E-state index in [9.17, 15) is 9.00 Å². The molecule has 1 fully saturated rings. The Morgan fingerprint density at radius 3 is 2.58 bits per heavy atom. The third kappa shape index (κ3) is 3.45. The van der Waals surface area contributed by atoms with Gasteiger partial charge in [0.25, 0.3) is 0 Å². The van der Waals surface area contributed by atoms with Gasteiger partial charge in [0.05, 0.1) is 34.2 Å². The molecule has 1 aliphatic rings. The summed E-state index contributed by atoms with van der Waals surface area (Å²) in [6, 6.07) is 1.66. The zero-order valence-corrected chi connectivity index (χ0v) is 12.2. The number of aryl methyl sites for hydroxylation is 1. The summed E-state index contributed by atoms with van der Waals surface area (Å²) in [5.74, 6) is 0.510. The van der Waals surface area contributed by atoms with Gasteiger partial charge in [0, 0.05) is 13.1 Å². The van der Waals surface area contributed by atoms with E-state index < -0.39 is 10.8 Å². The van der Waals surface area contributed by atoms with E-state index in [0.29, 0.717) is 23.7 Å². The van der Waals surface area contributed by atoms with Crippen LogP contribution in [0.5, 0.6) is 0 Å². The first-order valence-electron chi connectivity index (χ1n) is 6.33. The number of carbonyl (C=O) groups excluding carboxylic acids is 1. The predicted molar refractivity (Wildman–Crippen MR) is 71.3 cm³/mol. The van der Waals surface area contributed by atoms with Gasteiger partial charge in [-0.3, -0.25) is 9.00 Å². The van der Waals surface area contributed by atoms with Gasteiger partial charge in [0.2, 0.25) is 5.91 Å². The fourth-order valence-corrected chi connectivity index (χ4v) is 3.41. The van der Waals surface area contributed by atoms with Crippen molar-refractivity contribution in [1.82, 2.24) is 4.90 Å². The van der Waals surface area contributed by atoms with Crippen molar-refractivity contribution in [1.29, 1.82) is 0 Å². The van der Waals surface area contributed by atoms with Crippen molar-refractivity contribution in [3.05, 3.63) is 18.1 Å². The summed E-state index contributed by atoms with van der Waals surface area (Å²) in [7, 11) is -1.34. The van der Waals surface area contributed by atoms with E-state index in [1.54, 1.807) is 17.9 Å². The second kappa shape index (κ2) is 5.88. The summed E-state index contributed by atoms with van der Waals surface area (Å²) in [6.07, 6.45) is 1.54. The third-order valence-corrected chi connectivity index (χ3v) is 4.51. The maximum absolute atomic E-state index is 12.2. The van der Waals surface area contributed by atoms with Crippen molar-refractivity contribution in [3.8, 4) is 0 Å². The van der Waals surface area contributed by atoms with Gasteiger partial charge in [0.15, 0.2) is 0 Å². The van der Waals surface area contributed by atoms with Crippen LogP contribution in [0, 0.1) is 6.92 Å². The SMILES string of the molecule is Cc1occc1[S@@](=O)CC(=O)N1C[C@@H](C)O[C@@H](C)C1. The van der Waals surface area contributed by atoms with E-state index >= 15 is 0 Å². The third-order valence-electron chi connectivity index (χ3n) is 3.08. The molecule has 1 amide bonds. The molecule has 106 valence electrons. The highest BCUT2D eigenvalue weighted by Gasteiger charge is 2.27. The van der Waals surface area contributed by atoms with E-state index in [1.165, 1.54) is 6.26 Å². The number of carbonyl (C=O) groups is 1. The molecule has 3 atom stereocenters. The van der Waals surface area contributed by atoms with Crippen LogP contribution >= 0.6 is 0 Å². The molecule has 19 heavy (non-hydrogen) atoms. The average molecular weight is 285 g/mol. The van der Waals surface area contributed by atoms with Gasteiger partial charge < -0.3 is 14.1 Å². The van der Waals surface area contributed by atoms with Gasteiger partial charge in [0.1, 0.15) is 11.5 Å². The molecule has 0 spiro atoms. The quantitative estimate of drug-likeness (QED) is 0.840. The molecule has 2 heterocycles. The number of nitrogens with zero attached hydrogens (tertiary/aromatic N) is 1. The number of rotatable bonds is 3. The van der Waals surface area contributed by atoms with Crippen LogP contribution < -0.4 is 0 Å². The Hall–Kier alpha value is -1.14. The van der Waals surface area contributed by atoms with Gasteiger partial charge in [-0.25, -0.2) is 0 Å². The number of amides is 1. The zero-order chi connectivity index (χ0) is 14.0. The molecule has 6 heteroatoms. The zero-order valence-electron chi connectivity index (χ0n) is 11.4. The lowest BCUT2D eigenvalue weighted by Crippen LogP contribution is -2.49. The van der Waals surface area contributed by atoms with Crippen LogP contribution in [0.1, 0.15) is 19.6 Å². The van der Waals surface area contributed by atoms with Crippen molar-refractivity contribution in [3.63, 3.8) is 0 Å². The Morgan fingerprint density at radius 1 is 1.42 bits per heavy atom. The van der Waals surface area contributed by atoms with E-state index in [1.807, 2.05) is 13.8 Å². The van der Waals surface area contributed by atoms with E-state index in [0.717, 1.165) is 0 Å². The van der Waals surface area contributed by atoms with Crippen molar-refractivity contribution >= 4 is 16.7 Å². The maximum atomic E-state index is 12.2. The molecule has 0 unspecified atom stereocenters. The Labute approximate surface area is 115 Å². The summed E-state index contributed by atoms with van der Waals surface area (Å²) in [4.78, 5) is 14.5. The first-order valence-corrected chi connectivity index (χ1v) is 7.65. The number of hydrogen-bond donors (Lipinski definition) is 0. The minimum Gasteiger partial charge on any atom is -0.468 e. The topological polar surface area (TPSA) is 59.8 Å². The molecule has 1 saturated heterocycles. The maximum Gasteiger partial charge on any atom is 0.235 e. The Balaban J connectivity index is 1.97. The molecule has 1 aromatic rings. The number of ether oxygens (including phenoxy) is 1. The number of hydrogen-bond acceptors (Lipinski definition) is 4. The molecule has 0 radical (unpaired) electrons. The highest BCUT2D eigenvalue weighted by molar-refractivity contribution is 7.85. The van der Waals surface area contributed by atoms with Gasteiger partial charge in [-0.15, -0.1) is 0 Å². The van der Waals surface area contributed by atoms with Gasteiger partial charge in [-0.1, -0.05) is 0 Å². The molecule has 0 aromatic carbocycles. The largest absolute Gasteiger partial charge is 0.468 e. The van der Waals surface area contributed by atoms with E-state index in [4.69, 9.17) is 9.15 Å². The predicted octanol–water partition coefficient (Wildman–Crippen LogP) is 1.33. The standard InChI is InChI=1S/C13H19NO4S/c1-9-6-14(7-10(2)18-9)13(15)8-19(16)12-4-5-17-11(12)3/h4-5,9-10H,6-8H2,1-3H3/t9-,10+,19-/m0/s1. The van der Waals surface area contributed by atoms with Crippen LogP contribution in [-0.2, 0) is 20.3 Å². The first kappa shape index (κ1) is 14.3. The normalized spacial score (nSPS) is 25.3. The molecule has 0 N–H and O–H groups in total. The van der Waals surface area contributed by atoms with Crippen LogP contribution in [0.15, 0.2) is 21.6 Å². The minimum absolute atomic E-state index is 0.000185. The van der Waals surface area contributed by atoms with Crippen LogP contribution in [-0.4, -0.2) is 46.1 Å². The van der Waals surface area contributed by atoms with Gasteiger partial charge in [-0.2, -0.15) is 0 Å². The molecule has 1 aliphatic heterocycles. The molecule has 0 aliphatic carbocycles. The lowest BCUT2D eigenvalue weighted by atomic mass is 10.2. The number of morpholine rings is 1. The van der Waals surface area contributed by atoms with Crippen LogP contribution in [0.3, 0.4) is 0 Å². The van der Waals surface area contributed by atoms with Crippen LogP contribution in [0.25, 0.3) is 0 Å². The van der Waals surface area contributed by atoms with Crippen molar-refractivity contribution in [2.45, 2.75) is 37.9 Å². The summed E-state index contributed by atoms with van der Waals surface area (Å²) < 4.78 is 22.8. The summed E-state index contributed by atoms with van der Waals surface area (Å²) in [5.41, 5.74) is 0. The van der Waals surface area contributed by atoms with Gasteiger partial charge >= 0.3 is 0 Å². The smallest absolute Gasteiger partial charge is 0.235 e. The first-order chi connectivity index (χ1) is 8.97. The summed E-state index contributed by atoms with van der Waals surface area (Å²) in [6.45, 7) is 6.74. The van der Waals surface area contributed by atoms with E-state index in [-0.39, 0.29) is 23.9 Å². The summed E-state index contributed by atoms with van der Waals surface area (Å²) in [5, 5.41) is 0. The molecule has 5 nitrogen and oxygen atoms in total. The second-order valence-electron chi connectivity index (χ2n) is 4.89. The van der Waals surface area contributed by atoms with E-state index in [2.05, 4.69) is 0 Å². The lowest BCUT2D eigenvalue weighted by molar-refractivity contribution is -0.140. The Bertz CT molecular complexity index is 475. The second-order valence-corrected chi connectivity index (χ2v) is 6.31. The van der Waals surface area contributed by atoms with Crippen LogP contribution in [0.4, 0.5) is 0 Å². The molecular formula is C13H19NO4S. The lowest BCUT2D eigenvalue weighted by Gasteiger charge is -2.35. The highest BCUT2D eigenvalue weighted by atomic mass is 32.2. The molecular weight excluding hydrogens is 266 g/mol. The van der Waals surface area contributed by atoms with Crippen molar-refractivity contribution in [2.75, 3.05) is 18.8 Å². The Morgan fingerprint density at radius 2 is 2.05 bits per heavy atom. The minimum atomic E-state index is -1.34. The molecule has 1 aromatic heterocycles. The average Bonchev–Trinajstić information content (AvgIpc) is 2.74. The highest BCUT2D eigenvalue weighted by Crippen LogP contribution is 2.16. The molecule has 2 rings (SSSR count). The number of furan rings is 1. The van der Waals surface area contributed by atoms with Crippen molar-refractivity contribution in [2.24, 2.45) is 0 Å². The molecule has 0 saturated carbocycles.